The van der Waals surface area contributed by atoms with E-state index in [1.807, 2.05) is 17.2 Å². The Bertz CT molecular complexity index is 1800. The number of aromatic nitrogens is 4. The van der Waals surface area contributed by atoms with Gasteiger partial charge < -0.3 is 9.67 Å². The summed E-state index contributed by atoms with van der Waals surface area (Å²) in [6.07, 6.45) is 0.145. The standard InChI is InChI=1S/C33H32F6N6O/c1-22(32(46,19-45-21-40-20-41-45)28-10-9-26(34)15-30(28)36)43-13-11-42(12-14-43)17-24-18-44(31-27(24)3-2-4-29(31)35)16-23-5-7-25(8-6-23)33(37,38)39/h2-10,15,18,20-22,46H,11-14,16-17,19H2,1H3/t22-,32-/m1/s1. The average Bonchev–Trinajstić information content (AvgIpc) is 3.65. The predicted octanol–water partition coefficient (Wildman–Crippen LogP) is 5.81. The number of hydrogen-bond donors (Lipinski definition) is 1. The first-order chi connectivity index (χ1) is 21.9. The number of para-hydroxylation sites is 1. The first-order valence-corrected chi connectivity index (χ1v) is 14.8. The number of alkyl halides is 3. The molecule has 0 radical (unpaired) electrons. The van der Waals surface area contributed by atoms with Gasteiger partial charge in [0.05, 0.1) is 17.6 Å². The number of rotatable bonds is 9. The Morgan fingerprint density at radius 2 is 1.63 bits per heavy atom. The number of halogens is 6. The van der Waals surface area contributed by atoms with E-state index in [-0.39, 0.29) is 18.7 Å². The van der Waals surface area contributed by atoms with Crippen molar-refractivity contribution in [2.75, 3.05) is 26.2 Å². The van der Waals surface area contributed by atoms with E-state index in [0.717, 1.165) is 35.2 Å². The summed E-state index contributed by atoms with van der Waals surface area (Å²) in [5.74, 6) is -2.02. The maximum absolute atomic E-state index is 15.1. The molecule has 13 heteroatoms. The van der Waals surface area contributed by atoms with E-state index >= 15 is 8.78 Å². The van der Waals surface area contributed by atoms with E-state index in [1.165, 1.54) is 41.6 Å². The molecule has 3 heterocycles. The Labute approximate surface area is 261 Å². The van der Waals surface area contributed by atoms with Crippen molar-refractivity contribution in [3.05, 3.63) is 119 Å². The average molecular weight is 643 g/mol. The first-order valence-electron chi connectivity index (χ1n) is 14.8. The zero-order valence-electron chi connectivity index (χ0n) is 24.9. The van der Waals surface area contributed by atoms with Gasteiger partial charge in [-0.2, -0.15) is 18.3 Å². The van der Waals surface area contributed by atoms with Crippen molar-refractivity contribution in [1.29, 1.82) is 0 Å². The molecule has 242 valence electrons. The second-order valence-corrected chi connectivity index (χ2v) is 11.7. The van der Waals surface area contributed by atoms with Gasteiger partial charge in [-0.25, -0.2) is 22.8 Å². The number of fused-ring (bicyclic) bond motifs is 1. The fraction of sp³-hybridized carbons (Fsp3) is 0.333. The molecule has 0 spiro atoms. The van der Waals surface area contributed by atoms with E-state index in [2.05, 4.69) is 15.0 Å². The molecule has 7 nitrogen and oxygen atoms in total. The Morgan fingerprint density at radius 1 is 0.891 bits per heavy atom. The van der Waals surface area contributed by atoms with E-state index in [0.29, 0.717) is 43.8 Å². The van der Waals surface area contributed by atoms with Gasteiger partial charge in [0.2, 0.25) is 0 Å². The molecule has 1 saturated heterocycles. The first kappa shape index (κ1) is 31.8. The minimum Gasteiger partial charge on any atom is -0.381 e. The molecular formula is C33H32F6N6O. The van der Waals surface area contributed by atoms with Crippen LogP contribution >= 0.6 is 0 Å². The summed E-state index contributed by atoms with van der Waals surface area (Å²) >= 11 is 0. The van der Waals surface area contributed by atoms with Gasteiger partial charge in [0, 0.05) is 68.5 Å². The maximum Gasteiger partial charge on any atom is 0.416 e. The summed E-state index contributed by atoms with van der Waals surface area (Å²) in [6, 6.07) is 12.2. The van der Waals surface area contributed by atoms with Gasteiger partial charge in [0.25, 0.3) is 0 Å². The molecule has 0 bridgehead atoms. The fourth-order valence-electron chi connectivity index (χ4n) is 6.33. The SMILES string of the molecule is C[C@@H](N1CCN(Cc2cn(Cc3ccc(C(F)(F)F)cc3)c3c(F)cccc23)CC1)[C@](O)(Cn1cncn1)c1ccc(F)cc1F. The smallest absolute Gasteiger partial charge is 0.381 e. The Hall–Kier alpha value is -4.20. The summed E-state index contributed by atoms with van der Waals surface area (Å²) in [5.41, 5.74) is -0.672. The lowest BCUT2D eigenvalue weighted by Gasteiger charge is -2.45. The monoisotopic (exact) mass is 642 g/mol. The predicted molar refractivity (Wildman–Crippen MR) is 159 cm³/mol. The lowest BCUT2D eigenvalue weighted by Crippen LogP contribution is -2.57. The third kappa shape index (κ3) is 6.39. The molecule has 1 N–H and O–H groups in total. The zero-order chi connectivity index (χ0) is 32.6. The second kappa shape index (κ2) is 12.5. The highest BCUT2D eigenvalue weighted by molar-refractivity contribution is 5.84. The van der Waals surface area contributed by atoms with Gasteiger partial charge in [-0.15, -0.1) is 0 Å². The molecule has 2 atom stereocenters. The van der Waals surface area contributed by atoms with Crippen LogP contribution in [-0.2, 0) is 31.4 Å². The van der Waals surface area contributed by atoms with Crippen LogP contribution in [0.3, 0.4) is 0 Å². The van der Waals surface area contributed by atoms with Crippen molar-refractivity contribution in [3.8, 4) is 0 Å². The van der Waals surface area contributed by atoms with E-state index in [4.69, 9.17) is 0 Å². The minimum absolute atomic E-state index is 0.0396. The number of hydrogen-bond acceptors (Lipinski definition) is 5. The minimum atomic E-state index is -4.44. The Balaban J connectivity index is 1.18. The van der Waals surface area contributed by atoms with Crippen LogP contribution in [0.15, 0.2) is 79.5 Å². The number of piperazine rings is 1. The quantitative estimate of drug-likeness (QED) is 0.206. The van der Waals surface area contributed by atoms with Crippen LogP contribution in [0.4, 0.5) is 26.3 Å². The molecule has 46 heavy (non-hydrogen) atoms. The van der Waals surface area contributed by atoms with Crippen molar-refractivity contribution in [2.45, 2.75) is 44.4 Å². The van der Waals surface area contributed by atoms with Crippen molar-refractivity contribution in [3.63, 3.8) is 0 Å². The molecule has 2 aromatic heterocycles. The molecule has 0 unspecified atom stereocenters. The highest BCUT2D eigenvalue weighted by Crippen LogP contribution is 2.34. The molecule has 0 aliphatic carbocycles. The third-order valence-electron chi connectivity index (χ3n) is 8.87. The van der Waals surface area contributed by atoms with Crippen molar-refractivity contribution in [1.82, 2.24) is 29.1 Å². The van der Waals surface area contributed by atoms with Crippen LogP contribution in [0, 0.1) is 17.5 Å². The largest absolute Gasteiger partial charge is 0.416 e. The van der Waals surface area contributed by atoms with E-state index in [1.54, 1.807) is 17.6 Å². The fourth-order valence-corrected chi connectivity index (χ4v) is 6.33. The molecule has 1 aliphatic heterocycles. The lowest BCUT2D eigenvalue weighted by atomic mass is 9.85. The van der Waals surface area contributed by atoms with Gasteiger partial charge in [0.1, 0.15) is 35.7 Å². The van der Waals surface area contributed by atoms with Crippen LogP contribution < -0.4 is 0 Å². The molecule has 3 aromatic carbocycles. The lowest BCUT2D eigenvalue weighted by molar-refractivity contribution is -0.137. The molecule has 1 aliphatic rings. The van der Waals surface area contributed by atoms with Crippen molar-refractivity contribution in [2.24, 2.45) is 0 Å². The van der Waals surface area contributed by atoms with Crippen LogP contribution in [0.2, 0.25) is 0 Å². The van der Waals surface area contributed by atoms with Crippen molar-refractivity contribution >= 4 is 10.9 Å². The molecule has 0 saturated carbocycles. The number of nitrogens with zero attached hydrogens (tertiary/aromatic N) is 6. The molecule has 1 fully saturated rings. The summed E-state index contributed by atoms with van der Waals surface area (Å²) in [6.45, 7) is 4.65. The van der Waals surface area contributed by atoms with Crippen LogP contribution in [-0.4, -0.2) is 66.5 Å². The molecule has 5 aromatic rings. The van der Waals surface area contributed by atoms with Crippen LogP contribution in [0.1, 0.15) is 29.2 Å². The normalized spacial score (nSPS) is 17.0. The van der Waals surface area contributed by atoms with Gasteiger partial charge in [-0.05, 0) is 42.3 Å². The maximum atomic E-state index is 15.1. The molecule has 6 rings (SSSR count). The van der Waals surface area contributed by atoms with Gasteiger partial charge in [-0.3, -0.25) is 9.80 Å². The highest BCUT2D eigenvalue weighted by atomic mass is 19.4. The summed E-state index contributed by atoms with van der Waals surface area (Å²) in [5, 5.41) is 16.8. The second-order valence-electron chi connectivity index (χ2n) is 11.7. The van der Waals surface area contributed by atoms with E-state index < -0.39 is 40.8 Å². The van der Waals surface area contributed by atoms with E-state index in [9.17, 15) is 22.7 Å². The zero-order valence-corrected chi connectivity index (χ0v) is 24.9. The van der Waals surface area contributed by atoms with Crippen molar-refractivity contribution < 1.29 is 31.4 Å². The summed E-state index contributed by atoms with van der Waals surface area (Å²) in [4.78, 5) is 8.16. The summed E-state index contributed by atoms with van der Waals surface area (Å²) < 4.78 is 86.1. The highest BCUT2D eigenvalue weighted by Gasteiger charge is 2.42. The summed E-state index contributed by atoms with van der Waals surface area (Å²) in [7, 11) is 0. The molecular weight excluding hydrogens is 610 g/mol. The van der Waals surface area contributed by atoms with Crippen LogP contribution in [0.5, 0.6) is 0 Å². The van der Waals surface area contributed by atoms with Gasteiger partial charge >= 0.3 is 6.18 Å². The molecule has 0 amide bonds. The van der Waals surface area contributed by atoms with Gasteiger partial charge in [-0.1, -0.05) is 30.3 Å². The van der Waals surface area contributed by atoms with Gasteiger partial charge in [0.15, 0.2) is 0 Å². The Morgan fingerprint density at radius 3 is 2.28 bits per heavy atom. The number of aliphatic hydroxyl groups is 1. The topological polar surface area (TPSA) is 62.4 Å². The van der Waals surface area contributed by atoms with Crippen LogP contribution in [0.25, 0.3) is 10.9 Å². The Kier molecular flexibility index (Phi) is 8.66. The third-order valence-corrected chi connectivity index (χ3v) is 8.87. The number of benzene rings is 3.